The predicted octanol–water partition coefficient (Wildman–Crippen LogP) is 0.827. The molecule has 1 aromatic rings. The molecule has 0 aliphatic heterocycles. The lowest BCUT2D eigenvalue weighted by Crippen LogP contribution is -2.41. The number of carbonyl (C=O) groups is 1. The molecule has 0 saturated heterocycles. The molecule has 19 heavy (non-hydrogen) atoms. The Balaban J connectivity index is 2.50. The molecular weight excluding hydrogens is 262 g/mol. The summed E-state index contributed by atoms with van der Waals surface area (Å²) in [5, 5.41) is 13.6. The summed E-state index contributed by atoms with van der Waals surface area (Å²) in [6, 6.07) is 1.69. The minimum Gasteiger partial charge on any atom is -0.389 e. The minimum atomic E-state index is -0.229. The maximum absolute atomic E-state index is 11.6. The molecule has 0 saturated carbocycles. The van der Waals surface area contributed by atoms with Gasteiger partial charge in [-0.1, -0.05) is 12.2 Å². The van der Waals surface area contributed by atoms with Crippen molar-refractivity contribution < 1.29 is 4.79 Å². The van der Waals surface area contributed by atoms with Crippen molar-refractivity contribution in [3.8, 4) is 0 Å². The summed E-state index contributed by atoms with van der Waals surface area (Å²) in [6.07, 6.45) is 1.86. The van der Waals surface area contributed by atoms with Crippen LogP contribution in [-0.4, -0.2) is 33.2 Å². The third-order valence-corrected chi connectivity index (χ3v) is 2.37. The minimum absolute atomic E-state index is 0.0271. The first-order chi connectivity index (χ1) is 8.79. The van der Waals surface area contributed by atoms with Crippen LogP contribution in [0.3, 0.4) is 0 Å². The Kier molecular flexibility index (Phi) is 5.17. The molecule has 104 valence electrons. The highest BCUT2D eigenvalue weighted by molar-refractivity contribution is 7.80. The molecule has 0 atom stereocenters. The van der Waals surface area contributed by atoms with Gasteiger partial charge in [0.1, 0.15) is 4.99 Å². The molecule has 4 N–H and O–H groups in total. The van der Waals surface area contributed by atoms with Crippen LogP contribution in [0.4, 0.5) is 5.82 Å². The summed E-state index contributed by atoms with van der Waals surface area (Å²) in [6.45, 7) is 6.25. The Morgan fingerprint density at radius 1 is 1.47 bits per heavy atom. The van der Waals surface area contributed by atoms with E-state index in [4.69, 9.17) is 18.0 Å². The molecule has 0 radical (unpaired) electrons. The Morgan fingerprint density at radius 2 is 2.16 bits per heavy atom. The summed E-state index contributed by atoms with van der Waals surface area (Å²) in [5.74, 6) is 0.472. The number of hydrogen-bond acceptors (Lipinski definition) is 5. The first kappa shape index (κ1) is 15.3. The number of rotatable bonds is 5. The zero-order valence-corrected chi connectivity index (χ0v) is 12.2. The zero-order valence-electron chi connectivity index (χ0n) is 11.4. The van der Waals surface area contributed by atoms with Crippen molar-refractivity contribution in [2.45, 2.75) is 32.7 Å². The third kappa shape index (κ3) is 5.60. The largest absolute Gasteiger partial charge is 0.389 e. The summed E-state index contributed by atoms with van der Waals surface area (Å²) in [4.78, 5) is 11.9. The van der Waals surface area contributed by atoms with Gasteiger partial charge in [0, 0.05) is 18.5 Å². The normalized spacial score (nSPS) is 10.9. The Hall–Kier alpha value is -1.76. The lowest BCUT2D eigenvalue weighted by Gasteiger charge is -2.20. The van der Waals surface area contributed by atoms with Gasteiger partial charge in [-0.2, -0.15) is 5.10 Å². The molecule has 1 heterocycles. The van der Waals surface area contributed by atoms with Crippen molar-refractivity contribution in [3.05, 3.63) is 17.8 Å². The van der Waals surface area contributed by atoms with Gasteiger partial charge in [-0.05, 0) is 26.8 Å². The third-order valence-electron chi connectivity index (χ3n) is 2.15. The van der Waals surface area contributed by atoms with E-state index in [1.165, 1.54) is 6.20 Å². The average molecular weight is 281 g/mol. The second kappa shape index (κ2) is 6.42. The van der Waals surface area contributed by atoms with E-state index in [-0.39, 0.29) is 16.4 Å². The van der Waals surface area contributed by atoms with Crippen molar-refractivity contribution in [1.29, 1.82) is 0 Å². The molecule has 1 amide bonds. The average Bonchev–Trinajstić information content (AvgIpc) is 2.27. The van der Waals surface area contributed by atoms with Gasteiger partial charge in [0.25, 0.3) is 0 Å². The molecule has 0 spiro atoms. The summed E-state index contributed by atoms with van der Waals surface area (Å²) >= 11 is 4.91. The number of nitrogens with two attached hydrogens (primary N) is 1. The fourth-order valence-corrected chi connectivity index (χ4v) is 1.60. The van der Waals surface area contributed by atoms with Crippen LogP contribution in [0.25, 0.3) is 0 Å². The summed E-state index contributed by atoms with van der Waals surface area (Å²) in [7, 11) is 0. The maximum Gasteiger partial charge on any atom is 0.222 e. The van der Waals surface area contributed by atoms with Crippen LogP contribution >= 0.6 is 12.2 Å². The molecule has 0 unspecified atom stereocenters. The van der Waals surface area contributed by atoms with Crippen LogP contribution in [0.2, 0.25) is 0 Å². The Morgan fingerprint density at radius 3 is 2.74 bits per heavy atom. The van der Waals surface area contributed by atoms with Crippen molar-refractivity contribution in [1.82, 2.24) is 15.5 Å². The first-order valence-corrected chi connectivity index (χ1v) is 6.37. The second-order valence-electron chi connectivity index (χ2n) is 5.13. The van der Waals surface area contributed by atoms with Crippen LogP contribution in [-0.2, 0) is 4.79 Å². The SMILES string of the molecule is CC(C)(C)NC(=O)CCNc1nnccc1C(N)=S. The fraction of sp³-hybridized carbons (Fsp3) is 0.500. The molecule has 0 aliphatic carbocycles. The van der Waals surface area contributed by atoms with Crippen molar-refractivity contribution >= 4 is 28.9 Å². The highest BCUT2D eigenvalue weighted by Crippen LogP contribution is 2.09. The molecule has 0 bridgehead atoms. The first-order valence-electron chi connectivity index (χ1n) is 5.96. The van der Waals surface area contributed by atoms with Crippen molar-refractivity contribution in [2.24, 2.45) is 5.73 Å². The van der Waals surface area contributed by atoms with E-state index >= 15 is 0 Å². The van der Waals surface area contributed by atoms with Crippen LogP contribution in [0.1, 0.15) is 32.8 Å². The number of nitrogens with one attached hydrogen (secondary N) is 2. The predicted molar refractivity (Wildman–Crippen MR) is 78.9 cm³/mol. The topological polar surface area (TPSA) is 92.9 Å². The standard InChI is InChI=1S/C12H19N5OS/c1-12(2,3)16-9(18)5-6-14-11-8(10(13)19)4-7-15-17-11/h4,7H,5-6H2,1-3H3,(H2,13,19)(H,14,17)(H,16,18). The molecule has 0 aliphatic rings. The molecule has 1 aromatic heterocycles. The van der Waals surface area contributed by atoms with E-state index in [1.54, 1.807) is 6.07 Å². The van der Waals surface area contributed by atoms with E-state index in [1.807, 2.05) is 20.8 Å². The van der Waals surface area contributed by atoms with Gasteiger partial charge in [-0.15, -0.1) is 5.10 Å². The lowest BCUT2D eigenvalue weighted by molar-refractivity contribution is -0.122. The van der Waals surface area contributed by atoms with Gasteiger partial charge in [0.2, 0.25) is 5.91 Å². The molecule has 1 rings (SSSR count). The molecule has 0 fully saturated rings. The van der Waals surface area contributed by atoms with Gasteiger partial charge in [-0.25, -0.2) is 0 Å². The maximum atomic E-state index is 11.6. The summed E-state index contributed by atoms with van der Waals surface area (Å²) < 4.78 is 0. The Labute approximate surface area is 118 Å². The Bertz CT molecular complexity index is 469. The van der Waals surface area contributed by atoms with Gasteiger partial charge in [0.15, 0.2) is 5.82 Å². The number of aromatic nitrogens is 2. The lowest BCUT2D eigenvalue weighted by atomic mass is 10.1. The molecular formula is C12H19N5OS. The number of hydrogen-bond donors (Lipinski definition) is 3. The van der Waals surface area contributed by atoms with E-state index in [0.29, 0.717) is 24.3 Å². The number of thiocarbonyl (C=S) groups is 1. The van der Waals surface area contributed by atoms with Crippen LogP contribution in [0.5, 0.6) is 0 Å². The monoisotopic (exact) mass is 281 g/mol. The van der Waals surface area contributed by atoms with E-state index in [0.717, 1.165) is 0 Å². The van der Waals surface area contributed by atoms with Gasteiger partial charge in [0.05, 0.1) is 11.8 Å². The van der Waals surface area contributed by atoms with Crippen LogP contribution in [0.15, 0.2) is 12.3 Å². The van der Waals surface area contributed by atoms with Crippen LogP contribution in [0, 0.1) is 0 Å². The van der Waals surface area contributed by atoms with Crippen LogP contribution < -0.4 is 16.4 Å². The number of carbonyl (C=O) groups excluding carboxylic acids is 1. The summed E-state index contributed by atoms with van der Waals surface area (Å²) in [5.41, 5.74) is 5.97. The van der Waals surface area contributed by atoms with Gasteiger partial charge >= 0.3 is 0 Å². The smallest absolute Gasteiger partial charge is 0.222 e. The van der Waals surface area contributed by atoms with Gasteiger partial charge in [-0.3, -0.25) is 4.79 Å². The van der Waals surface area contributed by atoms with Crippen molar-refractivity contribution in [2.75, 3.05) is 11.9 Å². The molecule has 6 nitrogen and oxygen atoms in total. The zero-order chi connectivity index (χ0) is 14.5. The highest BCUT2D eigenvalue weighted by Gasteiger charge is 2.13. The second-order valence-corrected chi connectivity index (χ2v) is 5.57. The molecule has 7 heteroatoms. The number of anilines is 1. The fourth-order valence-electron chi connectivity index (χ4n) is 1.44. The van der Waals surface area contributed by atoms with Crippen molar-refractivity contribution in [3.63, 3.8) is 0 Å². The van der Waals surface area contributed by atoms with E-state index in [9.17, 15) is 4.79 Å². The number of nitrogens with zero attached hydrogens (tertiary/aromatic N) is 2. The van der Waals surface area contributed by atoms with E-state index < -0.39 is 0 Å². The number of amides is 1. The molecule has 0 aromatic carbocycles. The highest BCUT2D eigenvalue weighted by atomic mass is 32.1. The van der Waals surface area contributed by atoms with E-state index in [2.05, 4.69) is 20.8 Å². The van der Waals surface area contributed by atoms with Gasteiger partial charge < -0.3 is 16.4 Å². The quantitative estimate of drug-likeness (QED) is 0.692.